The fraction of sp³-hybridized carbons (Fsp3) is 0.121. The van der Waals surface area contributed by atoms with Gasteiger partial charge in [-0.3, -0.25) is 9.59 Å². The molecule has 21 aromatic rings. The van der Waals surface area contributed by atoms with Crippen LogP contribution in [0.1, 0.15) is 75.6 Å². The van der Waals surface area contributed by atoms with E-state index in [1.165, 1.54) is 118 Å². The molecule has 5 aromatic heterocycles. The highest BCUT2D eigenvalue weighted by Gasteiger charge is 2.39. The molecule has 0 aliphatic carbocycles. The Morgan fingerprint density at radius 2 is 0.689 bits per heavy atom. The zero-order valence-electron chi connectivity index (χ0n) is 74.2. The van der Waals surface area contributed by atoms with Gasteiger partial charge in [-0.15, -0.1) is 0 Å². The molecule has 6 nitrogen and oxygen atoms in total. The van der Waals surface area contributed by atoms with E-state index < -0.39 is 42.5 Å². The molecule has 6 heterocycles. The molecule has 0 saturated heterocycles. The summed E-state index contributed by atoms with van der Waals surface area (Å²) in [5.41, 5.74) is 3.02. The molecule has 0 N–H and O–H groups in total. The van der Waals surface area contributed by atoms with Crippen LogP contribution in [0.5, 0.6) is 17.2 Å². The Morgan fingerprint density at radius 3 is 1.14 bits per heavy atom. The molecule has 1 aliphatic heterocycles. The van der Waals surface area contributed by atoms with E-state index in [1.807, 2.05) is 127 Å². The lowest BCUT2D eigenvalue weighted by Crippen LogP contribution is -2.12. The molecule has 0 spiro atoms. The Kier molecular flexibility index (Phi) is 27.9. The maximum atomic E-state index is 13.1. The summed E-state index contributed by atoms with van der Waals surface area (Å²) >= 11 is 0. The van der Waals surface area contributed by atoms with Gasteiger partial charge in [0.05, 0.1) is 38.6 Å². The summed E-state index contributed by atoms with van der Waals surface area (Å²) in [6.07, 6.45) is 1.68. The SMILES string of the molecule is CC(C)(C)c1ccc(-[s+]2ccc3ccccc32)cc1.CCCCCCOc1c(C)cc(-[s+]2c3ccccc3c3ccccc32)cc1C.CS(=O)(=O)c1ccc(-[s+]2c3ccccc3c(=O)c3ccccc32)cc1.O=c1c2ccccc2[s+](-c2ccccc2)c2ccc(C(F)(F)F)cc12.c1ccc(-[s+]2ccc3ccccc32)cc1.c1ccc([S+]2c3ccccc3Oc3ccccc32)cc1. The van der Waals surface area contributed by atoms with E-state index in [0.29, 0.717) is 15.0 Å². The number of aryl methyl sites for hydroxylation is 2. The van der Waals surface area contributed by atoms with Gasteiger partial charge in [0.15, 0.2) is 88.3 Å². The minimum atomic E-state index is -4.47. The monoisotopic (exact) mass is 1870 g/mol. The van der Waals surface area contributed by atoms with Crippen molar-refractivity contribution in [3.63, 3.8) is 0 Å². The number of benzene rings is 16. The summed E-state index contributed by atoms with van der Waals surface area (Å²) in [7, 11) is -4.11. The highest BCUT2D eigenvalue weighted by molar-refractivity contribution is 7.97. The fourth-order valence-corrected chi connectivity index (χ4v) is 30.5. The van der Waals surface area contributed by atoms with Gasteiger partial charge in [0.1, 0.15) is 27.4 Å². The average molecular weight is 1870 g/mol. The first-order chi connectivity index (χ1) is 64.1. The normalized spacial score (nSPS) is 12.3. The maximum absolute atomic E-state index is 13.1. The molecule has 1 aliphatic rings. The standard InChI is InChI=1S/C26H29OS.C20H12F3OS.C20H15O3S2.C18H13OS.C18H19S.C14H11S/c1-4-5-6-11-16-27-26-19(2)17-21(18-20(26)3)28-24-14-9-7-12-22(24)23-13-8-10-15-25(23)28;21-20(22,23)13-10-11-18-16(12-13)19(24)15-8-4-5-9-17(15)25(18)14-6-2-1-3-7-14;1-25(22,23)15-12-10-14(11-13-15)24-18-8-4-2-6-16(18)20(21)17-7-3-5-9-19(17)24;1-2-8-14(9-3-1)20-17-12-6-4-10-15(17)19-16-11-5-7-13-18(16)20;1-18(2,3)15-8-10-16(11-9-15)19-13-12-14-6-4-5-7-17(14)19;1-2-7-13(8-3-1)15-11-10-12-6-4-5-9-14(12)15/h7-10,12-15,17-18H,4-6,11,16H2,1-3H3;1-12H;2-13H,1H3;1-13H;4-13H,1-3H3;1-11H/q6*+1. The van der Waals surface area contributed by atoms with Gasteiger partial charge in [-0.25, -0.2) is 8.42 Å². The Hall–Kier alpha value is -12.9. The van der Waals surface area contributed by atoms with Crippen molar-refractivity contribution in [1.29, 1.82) is 0 Å². The van der Waals surface area contributed by atoms with Gasteiger partial charge >= 0.3 is 6.18 Å². The van der Waals surface area contributed by atoms with Crippen LogP contribution in [-0.4, -0.2) is 21.3 Å². The molecule has 3 unspecified atom stereocenters. The summed E-state index contributed by atoms with van der Waals surface area (Å²) < 4.78 is 84.2. The minimum absolute atomic E-state index is 0.0350. The number of hydrogen-bond donors (Lipinski definition) is 0. The second kappa shape index (κ2) is 40.5. The molecule has 0 amide bonds. The number of rotatable bonds is 13. The summed E-state index contributed by atoms with van der Waals surface area (Å²) in [5, 5.41) is 12.2. The van der Waals surface area contributed by atoms with Crippen LogP contribution in [-0.2, 0) is 32.3 Å². The number of para-hydroxylation sites is 2. The second-order valence-corrected chi connectivity index (χ2v) is 46.8. The van der Waals surface area contributed by atoms with E-state index in [0.717, 1.165) is 77.1 Å². The smallest absolute Gasteiger partial charge is 0.416 e. The molecule has 16 heteroatoms. The van der Waals surface area contributed by atoms with Crippen molar-refractivity contribution in [3.05, 3.63) is 454 Å². The molecular weight excluding hydrogens is 1770 g/mol. The molecule has 656 valence electrons. The third-order valence-corrected chi connectivity index (χ3v) is 37.6. The van der Waals surface area contributed by atoms with Crippen LogP contribution >= 0.6 is 52.3 Å². The molecule has 16 aromatic carbocycles. The summed E-state index contributed by atoms with van der Waals surface area (Å²) in [6, 6.07) is 134. The van der Waals surface area contributed by atoms with Crippen molar-refractivity contribution >= 4 is 154 Å². The predicted molar refractivity (Wildman–Crippen MR) is 561 cm³/mol. The van der Waals surface area contributed by atoms with Crippen LogP contribution in [0, 0.1) is 13.8 Å². The Bertz CT molecular complexity index is 7770. The van der Waals surface area contributed by atoms with Crippen LogP contribution in [0.3, 0.4) is 0 Å². The van der Waals surface area contributed by atoms with Gasteiger partial charge in [0.25, 0.3) is 0 Å². The van der Waals surface area contributed by atoms with E-state index in [-0.39, 0.29) is 64.0 Å². The molecule has 0 saturated carbocycles. The van der Waals surface area contributed by atoms with Crippen LogP contribution in [0.2, 0.25) is 0 Å². The van der Waals surface area contributed by atoms with E-state index >= 15 is 0 Å². The Morgan fingerprint density at radius 1 is 0.333 bits per heavy atom. The van der Waals surface area contributed by atoms with Gasteiger partial charge in [-0.1, -0.05) is 223 Å². The van der Waals surface area contributed by atoms with Crippen molar-refractivity contribution in [2.45, 2.75) is 98.4 Å². The molecule has 132 heavy (non-hydrogen) atoms. The first-order valence-corrected chi connectivity index (χ1v) is 53.3. The Labute approximate surface area is 785 Å². The van der Waals surface area contributed by atoms with Crippen molar-refractivity contribution in [2.75, 3.05) is 12.9 Å². The van der Waals surface area contributed by atoms with Gasteiger partial charge < -0.3 is 9.47 Å². The average Bonchev–Trinajstić information content (AvgIpc) is 1.35. The van der Waals surface area contributed by atoms with Crippen LogP contribution in [0.15, 0.2) is 440 Å². The number of fused-ring (bicyclic) bond motifs is 11. The highest BCUT2D eigenvalue weighted by atomic mass is 32.2. The fourth-order valence-electron chi connectivity index (χ4n) is 16.6. The van der Waals surface area contributed by atoms with Crippen molar-refractivity contribution in [2.24, 2.45) is 0 Å². The van der Waals surface area contributed by atoms with E-state index in [9.17, 15) is 31.2 Å². The zero-order chi connectivity index (χ0) is 91.6. The summed E-state index contributed by atoms with van der Waals surface area (Å²) in [5.74, 6) is 3.02. The maximum Gasteiger partial charge on any atom is 0.416 e. The number of sulfone groups is 1. The highest BCUT2D eigenvalue weighted by Crippen LogP contribution is 2.52. The lowest BCUT2D eigenvalue weighted by atomic mass is 9.87. The zero-order valence-corrected chi connectivity index (χ0v) is 80.0. The Balaban J connectivity index is 0.000000112. The molecule has 3 atom stereocenters. The predicted octanol–water partition coefficient (Wildman–Crippen LogP) is 34.3. The van der Waals surface area contributed by atoms with Crippen molar-refractivity contribution in [1.82, 2.24) is 0 Å². The van der Waals surface area contributed by atoms with Gasteiger partial charge in [0.2, 0.25) is 20.6 Å². The first-order valence-electron chi connectivity index (χ1n) is 44.0. The number of halogens is 3. The van der Waals surface area contributed by atoms with Gasteiger partial charge in [-0.05, 0) is 243 Å². The number of unbranched alkanes of at least 4 members (excludes halogenated alkanes) is 3. The van der Waals surface area contributed by atoms with Crippen LogP contribution < -0.4 is 20.3 Å². The van der Waals surface area contributed by atoms with Crippen molar-refractivity contribution in [3.8, 4) is 41.7 Å². The second-order valence-electron chi connectivity index (χ2n) is 33.2. The topological polar surface area (TPSA) is 86.7 Å². The molecule has 0 fully saturated rings. The molecule has 22 rings (SSSR count). The molecular formula is C116H99F3O6S7+6. The van der Waals surface area contributed by atoms with E-state index in [4.69, 9.17) is 9.47 Å². The number of hydrogen-bond acceptors (Lipinski definition) is 6. The lowest BCUT2D eigenvalue weighted by Gasteiger charge is -2.19. The number of ether oxygens (including phenoxy) is 2. The minimum Gasteiger partial charge on any atom is -0.493 e. The lowest BCUT2D eigenvalue weighted by molar-refractivity contribution is -0.137. The van der Waals surface area contributed by atoms with E-state index in [1.54, 1.807) is 24.3 Å². The third kappa shape index (κ3) is 19.8. The number of alkyl halides is 3. The van der Waals surface area contributed by atoms with Gasteiger partial charge in [-0.2, -0.15) is 13.2 Å². The first kappa shape index (κ1) is 91.0. The van der Waals surface area contributed by atoms with Crippen LogP contribution in [0.4, 0.5) is 13.2 Å². The summed E-state index contributed by atoms with van der Waals surface area (Å²) in [4.78, 5) is 35.9. The quantitative estimate of drug-likeness (QED) is 0.0649. The molecule has 0 bridgehead atoms. The summed E-state index contributed by atoms with van der Waals surface area (Å²) in [6.45, 7) is 14.2. The number of thiophene rings is 3. The van der Waals surface area contributed by atoms with Crippen molar-refractivity contribution < 1.29 is 31.1 Å². The van der Waals surface area contributed by atoms with E-state index in [2.05, 4.69) is 283 Å². The molecule has 0 radical (unpaired) electrons. The third-order valence-electron chi connectivity index (χ3n) is 23.1. The largest absolute Gasteiger partial charge is 0.493 e. The van der Waals surface area contributed by atoms with Crippen LogP contribution in [0.25, 0.3) is 105 Å². The van der Waals surface area contributed by atoms with Gasteiger partial charge in [0, 0.05) is 104 Å².